The number of hydrogen-bond donors (Lipinski definition) is 0. The topological polar surface area (TPSA) is 45.7 Å². The van der Waals surface area contributed by atoms with Crippen molar-refractivity contribution in [1.82, 2.24) is 9.88 Å². The van der Waals surface area contributed by atoms with Gasteiger partial charge in [-0.05, 0) is 36.9 Å². The third kappa shape index (κ3) is 3.07. The van der Waals surface area contributed by atoms with Crippen LogP contribution in [0.5, 0.6) is 5.75 Å². The van der Waals surface area contributed by atoms with Crippen molar-refractivity contribution in [3.63, 3.8) is 0 Å². The summed E-state index contributed by atoms with van der Waals surface area (Å²) in [6.07, 6.45) is 2.95. The van der Waals surface area contributed by atoms with E-state index < -0.39 is 0 Å². The molecule has 0 unspecified atom stereocenters. The number of carbonyl (C=O) groups is 1. The number of methoxy groups -OCH3 is 1. The number of amides is 1. The first-order valence-corrected chi connectivity index (χ1v) is 11.0. The van der Waals surface area contributed by atoms with E-state index in [1.165, 1.54) is 0 Å². The second kappa shape index (κ2) is 7.35. The smallest absolute Gasteiger partial charge is 0.244 e. The Bertz CT molecular complexity index is 1090. The molecule has 0 radical (unpaired) electrons. The van der Waals surface area contributed by atoms with Crippen LogP contribution in [-0.2, 0) is 11.3 Å². The summed E-state index contributed by atoms with van der Waals surface area (Å²) in [4.78, 5) is 23.5. The van der Waals surface area contributed by atoms with Crippen LogP contribution in [0.4, 0.5) is 5.69 Å². The second-order valence-corrected chi connectivity index (χ2v) is 8.40. The van der Waals surface area contributed by atoms with Gasteiger partial charge in [-0.25, -0.2) is 4.98 Å². The van der Waals surface area contributed by atoms with Crippen LogP contribution in [0.15, 0.2) is 59.5 Å². The van der Waals surface area contributed by atoms with E-state index in [4.69, 9.17) is 9.72 Å². The lowest BCUT2D eigenvalue weighted by atomic mass is 10.1. The number of carbonyl (C=O) groups excluding carboxylic acids is 1. The normalized spacial score (nSPS) is 21.3. The number of nitrogens with zero attached hydrogens (tertiary/aromatic N) is 3. The minimum Gasteiger partial charge on any atom is -0.494 e. The predicted molar refractivity (Wildman–Crippen MR) is 117 cm³/mol. The molecule has 2 fully saturated rings. The zero-order valence-electron chi connectivity index (χ0n) is 16.5. The molecule has 1 amide bonds. The van der Waals surface area contributed by atoms with Gasteiger partial charge in [0.2, 0.25) is 5.91 Å². The van der Waals surface area contributed by atoms with Gasteiger partial charge in [0, 0.05) is 23.4 Å². The van der Waals surface area contributed by atoms with E-state index in [9.17, 15) is 4.79 Å². The van der Waals surface area contributed by atoms with Crippen molar-refractivity contribution >= 4 is 34.3 Å². The highest BCUT2D eigenvalue weighted by atomic mass is 32.2. The largest absolute Gasteiger partial charge is 0.494 e. The van der Waals surface area contributed by atoms with Crippen LogP contribution in [-0.4, -0.2) is 47.8 Å². The molecule has 2 aliphatic heterocycles. The van der Waals surface area contributed by atoms with Crippen molar-refractivity contribution in [2.24, 2.45) is 0 Å². The first kappa shape index (κ1) is 18.5. The van der Waals surface area contributed by atoms with Gasteiger partial charge in [-0.3, -0.25) is 9.69 Å². The number of fused-ring (bicyclic) bond motifs is 3. The lowest BCUT2D eigenvalue weighted by molar-refractivity contribution is -0.122. The summed E-state index contributed by atoms with van der Waals surface area (Å²) >= 11 is 1.69. The Morgan fingerprint density at radius 3 is 2.79 bits per heavy atom. The highest BCUT2D eigenvalue weighted by Gasteiger charge is 2.50. The lowest BCUT2D eigenvalue weighted by Crippen LogP contribution is -2.50. The molecule has 2 aliphatic rings. The van der Waals surface area contributed by atoms with Crippen molar-refractivity contribution in [3.8, 4) is 5.75 Å². The zero-order valence-corrected chi connectivity index (χ0v) is 17.4. The molecule has 3 heterocycles. The SMILES string of the molecule is COc1cccc2ccc(CN3C[C@@H]4C[C@H]3C(=O)N4c3ccccc3SC)nc12. The molecule has 2 atom stereocenters. The van der Waals surface area contributed by atoms with Crippen molar-refractivity contribution in [2.75, 3.05) is 24.8 Å². The average Bonchev–Trinajstić information content (AvgIpc) is 3.30. The van der Waals surface area contributed by atoms with Crippen LogP contribution in [0.1, 0.15) is 12.1 Å². The van der Waals surface area contributed by atoms with Crippen molar-refractivity contribution in [2.45, 2.75) is 29.9 Å². The molecule has 1 aromatic heterocycles. The molecule has 2 saturated heterocycles. The molecule has 3 aromatic rings. The van der Waals surface area contributed by atoms with Gasteiger partial charge in [0.05, 0.1) is 30.6 Å². The summed E-state index contributed by atoms with van der Waals surface area (Å²) in [7, 11) is 1.67. The summed E-state index contributed by atoms with van der Waals surface area (Å²) in [5.74, 6) is 0.990. The number of anilines is 1. The van der Waals surface area contributed by atoms with Crippen molar-refractivity contribution in [1.29, 1.82) is 0 Å². The minimum atomic E-state index is -0.0647. The summed E-state index contributed by atoms with van der Waals surface area (Å²) in [6.45, 7) is 1.56. The molecule has 5 nitrogen and oxygen atoms in total. The maximum atomic E-state index is 13.2. The quantitative estimate of drug-likeness (QED) is 0.602. The van der Waals surface area contributed by atoms with E-state index >= 15 is 0 Å². The Labute approximate surface area is 174 Å². The minimum absolute atomic E-state index is 0.0647. The number of para-hydroxylation sites is 2. The van der Waals surface area contributed by atoms with Gasteiger partial charge < -0.3 is 9.64 Å². The van der Waals surface area contributed by atoms with E-state index in [2.05, 4.69) is 35.4 Å². The molecule has 0 N–H and O–H groups in total. The molecule has 0 saturated carbocycles. The fraction of sp³-hybridized carbons (Fsp3) is 0.304. The van der Waals surface area contributed by atoms with Crippen molar-refractivity contribution < 1.29 is 9.53 Å². The number of rotatable bonds is 5. The molecule has 29 heavy (non-hydrogen) atoms. The van der Waals surface area contributed by atoms with Crippen LogP contribution in [0.2, 0.25) is 0 Å². The Morgan fingerprint density at radius 1 is 1.14 bits per heavy atom. The number of pyridine rings is 1. The molecule has 148 valence electrons. The Kier molecular flexibility index (Phi) is 4.68. The zero-order chi connectivity index (χ0) is 20.0. The summed E-state index contributed by atoms with van der Waals surface area (Å²) in [5.41, 5.74) is 2.89. The standard InChI is InChI=1S/C23H23N3O2S/c1-28-20-8-5-6-15-10-11-16(24-22(15)20)13-25-14-17-12-19(25)23(27)26(17)18-7-3-4-9-21(18)29-2/h3-11,17,19H,12-14H2,1-2H3/t17-,19-/m0/s1. The van der Waals surface area contributed by atoms with E-state index in [0.29, 0.717) is 6.54 Å². The third-order valence-electron chi connectivity index (χ3n) is 5.94. The van der Waals surface area contributed by atoms with E-state index in [1.54, 1.807) is 18.9 Å². The fourth-order valence-corrected chi connectivity index (χ4v) is 5.19. The molecular weight excluding hydrogens is 382 g/mol. The highest BCUT2D eigenvalue weighted by Crippen LogP contribution is 2.40. The van der Waals surface area contributed by atoms with E-state index in [0.717, 1.165) is 45.9 Å². The number of likely N-dealkylation sites (tertiary alicyclic amines) is 1. The lowest BCUT2D eigenvalue weighted by Gasteiger charge is -2.34. The molecule has 2 bridgehead atoms. The van der Waals surface area contributed by atoms with Crippen molar-refractivity contribution in [3.05, 3.63) is 60.3 Å². The molecule has 5 rings (SSSR count). The Morgan fingerprint density at radius 2 is 2.00 bits per heavy atom. The number of benzene rings is 2. The number of hydrogen-bond acceptors (Lipinski definition) is 5. The van der Waals surface area contributed by atoms with E-state index in [-0.39, 0.29) is 18.0 Å². The number of ether oxygens (including phenoxy) is 1. The van der Waals surface area contributed by atoms with Crippen LogP contribution in [0.25, 0.3) is 10.9 Å². The molecule has 2 aromatic carbocycles. The molecule has 0 spiro atoms. The van der Waals surface area contributed by atoms with Crippen LogP contribution < -0.4 is 9.64 Å². The number of piperazine rings is 1. The predicted octanol–water partition coefficient (Wildman–Crippen LogP) is 3.96. The summed E-state index contributed by atoms with van der Waals surface area (Å²) < 4.78 is 5.46. The van der Waals surface area contributed by atoms with Crippen LogP contribution >= 0.6 is 11.8 Å². The van der Waals surface area contributed by atoms with Crippen LogP contribution in [0.3, 0.4) is 0 Å². The highest BCUT2D eigenvalue weighted by molar-refractivity contribution is 7.98. The maximum absolute atomic E-state index is 13.2. The second-order valence-electron chi connectivity index (χ2n) is 7.55. The Balaban J connectivity index is 1.38. The van der Waals surface area contributed by atoms with Gasteiger partial charge in [-0.1, -0.05) is 30.3 Å². The van der Waals surface area contributed by atoms with Gasteiger partial charge >= 0.3 is 0 Å². The number of aromatic nitrogens is 1. The Hall–Kier alpha value is -2.57. The van der Waals surface area contributed by atoms with Gasteiger partial charge in [0.15, 0.2) is 0 Å². The van der Waals surface area contributed by atoms with Crippen LogP contribution in [0, 0.1) is 0 Å². The first-order chi connectivity index (χ1) is 14.2. The van der Waals surface area contributed by atoms with Gasteiger partial charge in [-0.15, -0.1) is 11.8 Å². The van der Waals surface area contributed by atoms with E-state index in [1.807, 2.05) is 35.2 Å². The summed E-state index contributed by atoms with van der Waals surface area (Å²) in [5, 5.41) is 1.06. The van der Waals surface area contributed by atoms with Gasteiger partial charge in [0.1, 0.15) is 11.3 Å². The first-order valence-electron chi connectivity index (χ1n) is 9.82. The third-order valence-corrected chi connectivity index (χ3v) is 6.72. The fourth-order valence-electron chi connectivity index (χ4n) is 4.60. The average molecular weight is 406 g/mol. The monoisotopic (exact) mass is 405 g/mol. The van der Waals surface area contributed by atoms with Gasteiger partial charge in [-0.2, -0.15) is 0 Å². The molecular formula is C23H23N3O2S. The number of thioether (sulfide) groups is 1. The molecule has 0 aliphatic carbocycles. The van der Waals surface area contributed by atoms with Gasteiger partial charge in [0.25, 0.3) is 0 Å². The molecule has 6 heteroatoms. The maximum Gasteiger partial charge on any atom is 0.244 e. The summed E-state index contributed by atoms with van der Waals surface area (Å²) in [6, 6.07) is 18.4.